The fourth-order valence-corrected chi connectivity index (χ4v) is 5.13. The molecule has 0 aliphatic carbocycles. The average molecular weight is 513 g/mol. The van der Waals surface area contributed by atoms with Gasteiger partial charge in [-0.15, -0.1) is 0 Å². The molecule has 27 heavy (non-hydrogen) atoms. The molecule has 0 aromatic carbocycles. The van der Waals surface area contributed by atoms with Gasteiger partial charge in [-0.05, 0) is 12.2 Å². The van der Waals surface area contributed by atoms with Crippen LogP contribution in [0.1, 0.15) is 96.8 Å². The Morgan fingerprint density at radius 3 is 1.59 bits per heavy atom. The Morgan fingerprint density at radius 1 is 0.667 bits per heavy atom. The number of likely N-dealkylation sites (N-methyl/N-ethyl adjacent to an activating group) is 1. The van der Waals surface area contributed by atoms with Gasteiger partial charge < -0.3 is 33.8 Å². The first-order chi connectivity index (χ1) is 12.8. The third-order valence-corrected chi connectivity index (χ3v) is 7.12. The molecule has 1 aliphatic heterocycles. The molecule has 0 saturated carbocycles. The standard InChI is InChI=1S/C23H49N2S.HI/c1-3-4-5-6-7-8-9-10-11-12-13-14-15-16-22-26-23-21-25(2)19-17-24-18-20-25;/h24H,3-23H2,1-2H3;1H/q+1;/p-1. The Labute approximate surface area is 193 Å². The molecule has 0 unspecified atom stereocenters. The van der Waals surface area contributed by atoms with E-state index < -0.39 is 0 Å². The van der Waals surface area contributed by atoms with Gasteiger partial charge in [0.25, 0.3) is 0 Å². The van der Waals surface area contributed by atoms with Crippen molar-refractivity contribution in [3.63, 3.8) is 0 Å². The molecule has 4 heteroatoms. The zero-order chi connectivity index (χ0) is 18.8. The summed E-state index contributed by atoms with van der Waals surface area (Å²) in [4.78, 5) is 0. The van der Waals surface area contributed by atoms with Gasteiger partial charge in [-0.25, -0.2) is 0 Å². The van der Waals surface area contributed by atoms with Crippen molar-refractivity contribution in [2.24, 2.45) is 0 Å². The van der Waals surface area contributed by atoms with E-state index in [0.29, 0.717) is 0 Å². The number of thioether (sulfide) groups is 1. The number of quaternary nitrogens is 1. The number of nitrogens with zero attached hydrogens (tertiary/aromatic N) is 1. The highest BCUT2D eigenvalue weighted by Gasteiger charge is 2.23. The lowest BCUT2D eigenvalue weighted by Gasteiger charge is -2.38. The van der Waals surface area contributed by atoms with Gasteiger partial charge in [0.2, 0.25) is 0 Å². The monoisotopic (exact) mass is 512 g/mol. The zero-order valence-electron chi connectivity index (χ0n) is 18.6. The summed E-state index contributed by atoms with van der Waals surface area (Å²) in [6, 6.07) is 0. The van der Waals surface area contributed by atoms with Gasteiger partial charge in [0.15, 0.2) is 0 Å². The van der Waals surface area contributed by atoms with E-state index in [1.807, 2.05) is 0 Å². The van der Waals surface area contributed by atoms with Crippen molar-refractivity contribution in [1.82, 2.24) is 5.32 Å². The lowest BCUT2D eigenvalue weighted by atomic mass is 10.0. The third kappa shape index (κ3) is 17.6. The van der Waals surface area contributed by atoms with Crippen molar-refractivity contribution in [1.29, 1.82) is 0 Å². The topological polar surface area (TPSA) is 12.0 Å². The number of hydrogen-bond acceptors (Lipinski definition) is 2. The molecule has 1 rings (SSSR count). The first kappa shape index (κ1) is 28.0. The number of rotatable bonds is 18. The summed E-state index contributed by atoms with van der Waals surface area (Å²) in [6.45, 7) is 8.72. The van der Waals surface area contributed by atoms with Crippen molar-refractivity contribution in [2.45, 2.75) is 96.8 Å². The molecule has 1 aliphatic rings. The summed E-state index contributed by atoms with van der Waals surface area (Å²) in [5.41, 5.74) is 0. The molecular weight excluding hydrogens is 463 g/mol. The Kier molecular flexibility index (Phi) is 21.0. The summed E-state index contributed by atoms with van der Waals surface area (Å²) >= 11 is 2.19. The molecule has 2 nitrogen and oxygen atoms in total. The second-order valence-electron chi connectivity index (χ2n) is 8.75. The predicted molar refractivity (Wildman–Crippen MR) is 121 cm³/mol. The molecule has 1 fully saturated rings. The minimum atomic E-state index is 0. The van der Waals surface area contributed by atoms with Crippen LogP contribution in [-0.4, -0.2) is 55.8 Å². The summed E-state index contributed by atoms with van der Waals surface area (Å²) in [7, 11) is 2.44. The Morgan fingerprint density at radius 2 is 1.11 bits per heavy atom. The smallest absolute Gasteiger partial charge is 0.0912 e. The molecule has 0 amide bonds. The number of piperazine rings is 1. The maximum atomic E-state index is 3.48. The summed E-state index contributed by atoms with van der Waals surface area (Å²) in [6.07, 6.45) is 20.5. The number of hydrogen-bond donors (Lipinski definition) is 1. The van der Waals surface area contributed by atoms with Crippen molar-refractivity contribution < 1.29 is 28.5 Å². The maximum absolute atomic E-state index is 3.48. The van der Waals surface area contributed by atoms with Crippen LogP contribution in [0.3, 0.4) is 0 Å². The van der Waals surface area contributed by atoms with Crippen LogP contribution >= 0.6 is 11.8 Å². The number of halogens is 1. The van der Waals surface area contributed by atoms with Crippen molar-refractivity contribution >= 4 is 11.8 Å². The van der Waals surface area contributed by atoms with Crippen LogP contribution < -0.4 is 29.3 Å². The highest BCUT2D eigenvalue weighted by atomic mass is 127. The minimum Gasteiger partial charge on any atom is -1.00 e. The summed E-state index contributed by atoms with van der Waals surface area (Å²) < 4.78 is 1.29. The highest BCUT2D eigenvalue weighted by Crippen LogP contribution is 2.14. The first-order valence-corrected chi connectivity index (χ1v) is 13.0. The fraction of sp³-hybridized carbons (Fsp3) is 1.00. The van der Waals surface area contributed by atoms with Crippen LogP contribution in [0.4, 0.5) is 0 Å². The first-order valence-electron chi connectivity index (χ1n) is 11.9. The van der Waals surface area contributed by atoms with Crippen molar-refractivity contribution in [3.8, 4) is 0 Å². The van der Waals surface area contributed by atoms with Crippen LogP contribution in [0.2, 0.25) is 0 Å². The quantitative estimate of drug-likeness (QED) is 0.172. The van der Waals surface area contributed by atoms with Gasteiger partial charge in [-0.3, -0.25) is 0 Å². The summed E-state index contributed by atoms with van der Waals surface area (Å²) in [5.74, 6) is 2.74. The van der Waals surface area contributed by atoms with Gasteiger partial charge in [0, 0.05) is 18.8 Å². The molecule has 0 atom stereocenters. The predicted octanol–water partition coefficient (Wildman–Crippen LogP) is 3.25. The maximum Gasteiger partial charge on any atom is 0.0912 e. The van der Waals surface area contributed by atoms with E-state index >= 15 is 0 Å². The van der Waals surface area contributed by atoms with Crippen LogP contribution in [0, 0.1) is 0 Å². The van der Waals surface area contributed by atoms with Gasteiger partial charge in [-0.2, -0.15) is 11.8 Å². The second-order valence-corrected chi connectivity index (χ2v) is 9.97. The average Bonchev–Trinajstić information content (AvgIpc) is 2.65. The number of nitrogens with one attached hydrogen (secondary N) is 1. The van der Waals surface area contributed by atoms with Crippen LogP contribution in [0.15, 0.2) is 0 Å². The van der Waals surface area contributed by atoms with Gasteiger partial charge in [-0.1, -0.05) is 90.4 Å². The van der Waals surface area contributed by atoms with Crippen LogP contribution in [0.5, 0.6) is 0 Å². The Balaban J connectivity index is 0.00000676. The van der Waals surface area contributed by atoms with Crippen LogP contribution in [-0.2, 0) is 0 Å². The minimum absolute atomic E-state index is 0. The highest BCUT2D eigenvalue weighted by molar-refractivity contribution is 7.99. The molecule has 0 aromatic heterocycles. The van der Waals surface area contributed by atoms with Crippen molar-refractivity contribution in [2.75, 3.05) is 51.3 Å². The second kappa shape index (κ2) is 20.3. The SMILES string of the molecule is CCCCCCCCCCCCCCCCSCC[N+]1(C)CCNCC1.[I-]. The van der Waals surface area contributed by atoms with Crippen molar-refractivity contribution in [3.05, 3.63) is 0 Å². The molecule has 0 bridgehead atoms. The number of unbranched alkanes of at least 4 members (excludes halogenated alkanes) is 13. The van der Waals surface area contributed by atoms with Gasteiger partial charge >= 0.3 is 0 Å². The molecular formula is C23H49IN2S. The molecule has 0 aromatic rings. The van der Waals surface area contributed by atoms with Gasteiger partial charge in [0.05, 0.1) is 26.7 Å². The largest absolute Gasteiger partial charge is 1.00 e. The normalized spacial score (nSPS) is 16.2. The molecule has 1 N–H and O–H groups in total. The van der Waals surface area contributed by atoms with Gasteiger partial charge in [0.1, 0.15) is 0 Å². The molecule has 164 valence electrons. The van der Waals surface area contributed by atoms with E-state index in [0.717, 1.165) is 0 Å². The van der Waals surface area contributed by atoms with Crippen LogP contribution in [0.25, 0.3) is 0 Å². The summed E-state index contributed by atoms with van der Waals surface area (Å²) in [5, 5.41) is 3.48. The van der Waals surface area contributed by atoms with E-state index in [1.54, 1.807) is 0 Å². The molecule has 1 heterocycles. The molecule has 0 spiro atoms. The lowest BCUT2D eigenvalue weighted by molar-refractivity contribution is -0.908. The fourth-order valence-electron chi connectivity index (χ4n) is 3.94. The zero-order valence-corrected chi connectivity index (χ0v) is 21.6. The lowest BCUT2D eigenvalue weighted by Crippen LogP contribution is -3.00. The van der Waals surface area contributed by atoms with E-state index in [4.69, 9.17) is 0 Å². The molecule has 0 radical (unpaired) electrons. The van der Waals surface area contributed by atoms with E-state index in [9.17, 15) is 0 Å². The Hall–Kier alpha value is 1.00. The van der Waals surface area contributed by atoms with E-state index in [2.05, 4.69) is 31.1 Å². The van der Waals surface area contributed by atoms with E-state index in [-0.39, 0.29) is 24.0 Å². The molecule has 1 saturated heterocycles. The third-order valence-electron chi connectivity index (χ3n) is 6.07. The Bertz CT molecular complexity index is 296. The van der Waals surface area contributed by atoms with E-state index in [1.165, 1.54) is 139 Å².